The number of carboxylic acid groups (broad SMARTS) is 1. The maximum Gasteiger partial charge on any atom is 0.303 e. The predicted octanol–water partition coefficient (Wildman–Crippen LogP) is 2.75. The second kappa shape index (κ2) is 6.73. The molecule has 0 aliphatic rings. The van der Waals surface area contributed by atoms with Crippen LogP contribution in [0.25, 0.3) is 0 Å². The van der Waals surface area contributed by atoms with Crippen LogP contribution in [0.2, 0.25) is 0 Å². The lowest BCUT2D eigenvalue weighted by molar-refractivity contribution is -0.136. The molecule has 0 saturated carbocycles. The van der Waals surface area contributed by atoms with Gasteiger partial charge in [0.15, 0.2) is 0 Å². The van der Waals surface area contributed by atoms with Gasteiger partial charge < -0.3 is 5.11 Å². The molecular formula is C13H20N2O2S. The Morgan fingerprint density at radius 3 is 2.28 bits per heavy atom. The number of hydrogen-bond acceptors (Lipinski definition) is 4. The van der Waals surface area contributed by atoms with Gasteiger partial charge in [-0.25, -0.2) is 9.97 Å². The van der Waals surface area contributed by atoms with Gasteiger partial charge in [0.05, 0.1) is 5.75 Å². The summed E-state index contributed by atoms with van der Waals surface area (Å²) >= 11 is 1.81. The largest absolute Gasteiger partial charge is 0.481 e. The van der Waals surface area contributed by atoms with E-state index in [0.717, 1.165) is 28.5 Å². The summed E-state index contributed by atoms with van der Waals surface area (Å²) < 4.78 is 0. The van der Waals surface area contributed by atoms with Crippen molar-refractivity contribution in [3.63, 3.8) is 0 Å². The van der Waals surface area contributed by atoms with E-state index in [9.17, 15) is 4.79 Å². The fourth-order valence-corrected chi connectivity index (χ4v) is 2.32. The predicted molar refractivity (Wildman–Crippen MR) is 73.9 cm³/mol. The number of thioether (sulfide) groups is 1. The smallest absolute Gasteiger partial charge is 0.303 e. The second-order valence-electron chi connectivity index (χ2n) is 4.54. The lowest BCUT2D eigenvalue weighted by atomic mass is 10.1. The van der Waals surface area contributed by atoms with Gasteiger partial charge in [-0.15, -0.1) is 0 Å². The Morgan fingerprint density at radius 2 is 1.83 bits per heavy atom. The van der Waals surface area contributed by atoms with Crippen LogP contribution in [0.4, 0.5) is 0 Å². The van der Waals surface area contributed by atoms with E-state index >= 15 is 0 Å². The van der Waals surface area contributed by atoms with E-state index in [4.69, 9.17) is 5.11 Å². The van der Waals surface area contributed by atoms with Crippen LogP contribution < -0.4 is 0 Å². The molecule has 0 unspecified atom stereocenters. The van der Waals surface area contributed by atoms with E-state index in [1.807, 2.05) is 13.8 Å². The van der Waals surface area contributed by atoms with Crippen LogP contribution in [0.1, 0.15) is 43.0 Å². The highest BCUT2D eigenvalue weighted by Crippen LogP contribution is 2.18. The monoisotopic (exact) mass is 268 g/mol. The average Bonchev–Trinajstić information content (AvgIpc) is 2.24. The van der Waals surface area contributed by atoms with Crippen molar-refractivity contribution in [3.05, 3.63) is 22.8 Å². The molecule has 4 nitrogen and oxygen atoms in total. The molecule has 1 heterocycles. The number of hydrogen-bond donors (Lipinski definition) is 1. The van der Waals surface area contributed by atoms with Crippen LogP contribution in [0.15, 0.2) is 0 Å². The Labute approximate surface area is 112 Å². The Bertz CT molecular complexity index is 410. The van der Waals surface area contributed by atoms with Crippen molar-refractivity contribution < 1.29 is 9.90 Å². The zero-order valence-corrected chi connectivity index (χ0v) is 12.2. The summed E-state index contributed by atoms with van der Waals surface area (Å²) in [6.45, 7) is 8.14. The molecule has 18 heavy (non-hydrogen) atoms. The fraction of sp³-hybridized carbons (Fsp3) is 0.615. The first-order valence-corrected chi connectivity index (χ1v) is 7.11. The van der Waals surface area contributed by atoms with E-state index < -0.39 is 5.97 Å². The van der Waals surface area contributed by atoms with Gasteiger partial charge in [-0.3, -0.25) is 4.79 Å². The highest BCUT2D eigenvalue weighted by Gasteiger charge is 2.10. The Kier molecular flexibility index (Phi) is 5.59. The van der Waals surface area contributed by atoms with Crippen molar-refractivity contribution in [2.75, 3.05) is 0 Å². The minimum Gasteiger partial charge on any atom is -0.481 e. The molecule has 0 fully saturated rings. The van der Waals surface area contributed by atoms with E-state index in [1.165, 1.54) is 0 Å². The Balaban J connectivity index is 2.80. The SMILES string of the molecule is Cc1nc(CSC(C)C)nc(C)c1CCC(=O)O. The molecule has 5 heteroatoms. The fourth-order valence-electron chi connectivity index (χ4n) is 1.71. The van der Waals surface area contributed by atoms with Gasteiger partial charge in [0, 0.05) is 17.8 Å². The Hall–Kier alpha value is -1.10. The number of nitrogens with zero attached hydrogens (tertiary/aromatic N) is 2. The lowest BCUT2D eigenvalue weighted by Gasteiger charge is -2.10. The number of rotatable bonds is 6. The maximum absolute atomic E-state index is 10.6. The second-order valence-corrected chi connectivity index (χ2v) is 6.11. The van der Waals surface area contributed by atoms with Crippen molar-refractivity contribution in [2.45, 2.75) is 51.5 Å². The van der Waals surface area contributed by atoms with Gasteiger partial charge in [-0.2, -0.15) is 11.8 Å². The molecule has 0 aromatic carbocycles. The molecule has 1 aromatic rings. The molecule has 0 atom stereocenters. The van der Waals surface area contributed by atoms with Crippen LogP contribution in [0.3, 0.4) is 0 Å². The number of aryl methyl sites for hydroxylation is 2. The number of aliphatic carboxylic acids is 1. The van der Waals surface area contributed by atoms with Gasteiger partial charge in [-0.1, -0.05) is 13.8 Å². The first-order valence-electron chi connectivity index (χ1n) is 6.06. The topological polar surface area (TPSA) is 63.1 Å². The van der Waals surface area contributed by atoms with E-state index in [0.29, 0.717) is 11.7 Å². The summed E-state index contributed by atoms with van der Waals surface area (Å²) in [5.74, 6) is 0.856. The maximum atomic E-state index is 10.6. The highest BCUT2D eigenvalue weighted by atomic mass is 32.2. The first kappa shape index (κ1) is 15.0. The number of aromatic nitrogens is 2. The molecule has 0 spiro atoms. The summed E-state index contributed by atoms with van der Waals surface area (Å²) in [6.07, 6.45) is 0.635. The van der Waals surface area contributed by atoms with Crippen LogP contribution in [-0.4, -0.2) is 26.3 Å². The molecular weight excluding hydrogens is 248 g/mol. The summed E-state index contributed by atoms with van der Waals surface area (Å²) in [5.41, 5.74) is 2.78. The summed E-state index contributed by atoms with van der Waals surface area (Å²) in [5, 5.41) is 9.27. The van der Waals surface area contributed by atoms with Gasteiger partial charge in [0.2, 0.25) is 0 Å². The minimum atomic E-state index is -0.784. The van der Waals surface area contributed by atoms with Crippen molar-refractivity contribution in [2.24, 2.45) is 0 Å². The average molecular weight is 268 g/mol. The zero-order chi connectivity index (χ0) is 13.7. The molecule has 0 amide bonds. The van der Waals surface area contributed by atoms with Crippen LogP contribution in [0.5, 0.6) is 0 Å². The van der Waals surface area contributed by atoms with Crippen LogP contribution >= 0.6 is 11.8 Å². The van der Waals surface area contributed by atoms with Gasteiger partial charge in [0.1, 0.15) is 5.82 Å². The zero-order valence-electron chi connectivity index (χ0n) is 11.4. The summed E-state index contributed by atoms with van der Waals surface area (Å²) in [4.78, 5) is 19.5. The molecule has 0 saturated heterocycles. The summed E-state index contributed by atoms with van der Waals surface area (Å²) in [6, 6.07) is 0. The van der Waals surface area contributed by atoms with Crippen LogP contribution in [0, 0.1) is 13.8 Å². The molecule has 0 aliphatic carbocycles. The lowest BCUT2D eigenvalue weighted by Crippen LogP contribution is -2.07. The molecule has 1 aromatic heterocycles. The normalized spacial score (nSPS) is 10.9. The third-order valence-electron chi connectivity index (χ3n) is 2.60. The molecule has 0 aliphatic heterocycles. The highest BCUT2D eigenvalue weighted by molar-refractivity contribution is 7.99. The molecule has 0 bridgehead atoms. The Morgan fingerprint density at radius 1 is 1.28 bits per heavy atom. The molecule has 100 valence electrons. The molecule has 1 N–H and O–H groups in total. The van der Waals surface area contributed by atoms with Gasteiger partial charge in [0.25, 0.3) is 0 Å². The number of carboxylic acids is 1. The quantitative estimate of drug-likeness (QED) is 0.859. The first-order chi connectivity index (χ1) is 8.40. The van der Waals surface area contributed by atoms with Gasteiger partial charge >= 0.3 is 5.97 Å². The third-order valence-corrected chi connectivity index (χ3v) is 3.69. The summed E-state index contributed by atoms with van der Waals surface area (Å²) in [7, 11) is 0. The van der Waals surface area contributed by atoms with Crippen molar-refractivity contribution in [1.29, 1.82) is 0 Å². The minimum absolute atomic E-state index is 0.130. The molecule has 0 radical (unpaired) electrons. The van der Waals surface area contributed by atoms with Crippen molar-refractivity contribution in [3.8, 4) is 0 Å². The van der Waals surface area contributed by atoms with E-state index in [2.05, 4.69) is 23.8 Å². The van der Waals surface area contributed by atoms with Gasteiger partial charge in [-0.05, 0) is 31.1 Å². The standard InChI is InChI=1S/C13H20N2O2S/c1-8(2)18-7-12-14-9(3)11(10(4)15-12)5-6-13(16)17/h8H,5-7H2,1-4H3,(H,16,17). The molecule has 1 rings (SSSR count). The van der Waals surface area contributed by atoms with Crippen molar-refractivity contribution in [1.82, 2.24) is 9.97 Å². The van der Waals surface area contributed by atoms with Crippen molar-refractivity contribution >= 4 is 17.7 Å². The number of carbonyl (C=O) groups is 1. The van der Waals surface area contributed by atoms with Crippen LogP contribution in [-0.2, 0) is 17.0 Å². The third kappa shape index (κ3) is 4.64. The van der Waals surface area contributed by atoms with E-state index in [-0.39, 0.29) is 6.42 Å². The van der Waals surface area contributed by atoms with E-state index in [1.54, 1.807) is 11.8 Å².